The van der Waals surface area contributed by atoms with E-state index >= 15 is 0 Å². The molecule has 0 aliphatic rings. The zero-order chi connectivity index (χ0) is 30.2. The molecule has 3 N–H and O–H groups in total. The molecule has 2 amide bonds. The highest BCUT2D eigenvalue weighted by Crippen LogP contribution is 2.29. The van der Waals surface area contributed by atoms with Gasteiger partial charge >= 0.3 is 5.97 Å². The van der Waals surface area contributed by atoms with Crippen molar-refractivity contribution in [2.75, 3.05) is 20.2 Å². The van der Waals surface area contributed by atoms with Crippen molar-refractivity contribution in [3.05, 3.63) is 126 Å². The average molecular weight is 576 g/mol. The lowest BCUT2D eigenvalue weighted by Crippen LogP contribution is -2.35. The largest absolute Gasteiger partial charge is 0.496 e. The number of fused-ring (bicyclic) bond motifs is 1. The van der Waals surface area contributed by atoms with Gasteiger partial charge in [0.25, 0.3) is 11.8 Å². The summed E-state index contributed by atoms with van der Waals surface area (Å²) in [6.45, 7) is 0.670. The Morgan fingerprint density at radius 3 is 2.21 bits per heavy atom. The zero-order valence-corrected chi connectivity index (χ0v) is 23.9. The number of benzene rings is 4. The number of carboxylic acid groups (broad SMARTS) is 1. The Balaban J connectivity index is 1.41. The molecule has 0 aliphatic carbocycles. The fraction of sp³-hybridized carbons (Fsp3) is 0.171. The second-order valence-corrected chi connectivity index (χ2v) is 10.1. The highest BCUT2D eigenvalue weighted by atomic mass is 16.5. The summed E-state index contributed by atoms with van der Waals surface area (Å²) in [6.07, 6.45) is 2.31. The molecule has 0 saturated heterocycles. The molecule has 5 aromatic rings. The number of nitrogens with one attached hydrogen (secondary N) is 2. The SMILES string of the molecule is COc1ccccc1CNC(=O)c1ccccc1-c1ccccc1C(=O)N(CCC(=O)O)CCc1c[nH]c2ccccc12. The Labute approximate surface area is 249 Å². The fourth-order valence-electron chi connectivity index (χ4n) is 5.25. The summed E-state index contributed by atoms with van der Waals surface area (Å²) < 4.78 is 5.41. The molecular formula is C35H33N3O5. The number of aromatic amines is 1. The summed E-state index contributed by atoms with van der Waals surface area (Å²) >= 11 is 0. The van der Waals surface area contributed by atoms with Gasteiger partial charge in [0.15, 0.2) is 0 Å². The number of rotatable bonds is 12. The Kier molecular flexibility index (Phi) is 9.17. The highest BCUT2D eigenvalue weighted by Gasteiger charge is 2.23. The first-order valence-electron chi connectivity index (χ1n) is 14.1. The Morgan fingerprint density at radius 1 is 0.791 bits per heavy atom. The van der Waals surface area contributed by atoms with Crippen LogP contribution in [-0.4, -0.2) is 53.0 Å². The van der Waals surface area contributed by atoms with Gasteiger partial charge in [0.05, 0.1) is 13.5 Å². The minimum atomic E-state index is -0.977. The second-order valence-electron chi connectivity index (χ2n) is 10.1. The molecule has 218 valence electrons. The molecule has 0 spiro atoms. The van der Waals surface area contributed by atoms with Crippen molar-refractivity contribution >= 4 is 28.7 Å². The molecule has 0 radical (unpaired) electrons. The van der Waals surface area contributed by atoms with Crippen molar-refractivity contribution in [1.29, 1.82) is 0 Å². The van der Waals surface area contributed by atoms with Crippen LogP contribution in [0.4, 0.5) is 0 Å². The van der Waals surface area contributed by atoms with Crippen LogP contribution in [0.15, 0.2) is 103 Å². The maximum atomic E-state index is 14.0. The third kappa shape index (κ3) is 6.76. The lowest BCUT2D eigenvalue weighted by atomic mass is 9.94. The standard InChI is InChI=1S/C35H33N3O5/c1-43-32-17-9-2-10-25(32)23-37-34(41)29-14-5-3-12-27(29)28-13-4-6-15-30(28)35(42)38(21-19-33(39)40)20-18-24-22-36-31-16-8-7-11-26(24)31/h2-17,22,36H,18-21,23H2,1H3,(H,37,41)(H,39,40). The number of nitrogens with zero attached hydrogens (tertiary/aromatic N) is 1. The van der Waals surface area contributed by atoms with E-state index < -0.39 is 5.97 Å². The first-order valence-corrected chi connectivity index (χ1v) is 14.1. The maximum absolute atomic E-state index is 14.0. The number of carbonyl (C=O) groups excluding carboxylic acids is 2. The number of methoxy groups -OCH3 is 1. The van der Waals surface area contributed by atoms with Crippen LogP contribution in [0, 0.1) is 0 Å². The number of carbonyl (C=O) groups is 3. The molecule has 0 aliphatic heterocycles. The normalized spacial score (nSPS) is 10.8. The van der Waals surface area contributed by atoms with Crippen LogP contribution in [0.3, 0.4) is 0 Å². The molecule has 4 aromatic carbocycles. The van der Waals surface area contributed by atoms with Crippen LogP contribution in [0.2, 0.25) is 0 Å². The van der Waals surface area contributed by atoms with Crippen LogP contribution < -0.4 is 10.1 Å². The van der Waals surface area contributed by atoms with E-state index in [2.05, 4.69) is 10.3 Å². The van der Waals surface area contributed by atoms with E-state index in [-0.39, 0.29) is 31.3 Å². The Morgan fingerprint density at radius 2 is 1.44 bits per heavy atom. The summed E-state index contributed by atoms with van der Waals surface area (Å²) in [6, 6.07) is 29.7. The van der Waals surface area contributed by atoms with Gasteiger partial charge in [0.1, 0.15) is 5.75 Å². The van der Waals surface area contributed by atoms with Crippen molar-refractivity contribution < 1.29 is 24.2 Å². The van der Waals surface area contributed by atoms with Crippen LogP contribution in [0.25, 0.3) is 22.0 Å². The first-order chi connectivity index (χ1) is 21.0. The highest BCUT2D eigenvalue weighted by molar-refractivity contribution is 6.06. The van der Waals surface area contributed by atoms with Gasteiger partial charge in [-0.15, -0.1) is 0 Å². The van der Waals surface area contributed by atoms with Gasteiger partial charge in [-0.1, -0.05) is 72.8 Å². The minimum Gasteiger partial charge on any atom is -0.496 e. The van der Waals surface area contributed by atoms with Crippen molar-refractivity contribution in [3.63, 3.8) is 0 Å². The van der Waals surface area contributed by atoms with Crippen LogP contribution in [0.1, 0.15) is 38.3 Å². The summed E-state index contributed by atoms with van der Waals surface area (Å²) in [5.41, 5.74) is 4.93. The minimum absolute atomic E-state index is 0.0614. The number of ether oxygens (including phenoxy) is 1. The van der Waals surface area contributed by atoms with E-state index in [1.165, 1.54) is 0 Å². The number of H-pyrrole nitrogens is 1. The zero-order valence-electron chi connectivity index (χ0n) is 23.9. The summed E-state index contributed by atoms with van der Waals surface area (Å²) in [7, 11) is 1.59. The van der Waals surface area contributed by atoms with Gasteiger partial charge in [0, 0.05) is 53.4 Å². The lowest BCUT2D eigenvalue weighted by Gasteiger charge is -2.24. The van der Waals surface area contributed by atoms with E-state index in [0.29, 0.717) is 41.0 Å². The molecule has 5 rings (SSSR count). The third-order valence-electron chi connectivity index (χ3n) is 7.46. The average Bonchev–Trinajstić information content (AvgIpc) is 3.46. The third-order valence-corrected chi connectivity index (χ3v) is 7.46. The molecule has 1 heterocycles. The molecule has 0 atom stereocenters. The van der Waals surface area contributed by atoms with Gasteiger partial charge in [-0.25, -0.2) is 0 Å². The van der Waals surface area contributed by atoms with E-state index in [0.717, 1.165) is 22.0 Å². The number of hydrogen-bond donors (Lipinski definition) is 3. The second kappa shape index (κ2) is 13.5. The van der Waals surface area contributed by atoms with Crippen molar-refractivity contribution in [1.82, 2.24) is 15.2 Å². The number of aromatic nitrogens is 1. The van der Waals surface area contributed by atoms with Gasteiger partial charge in [-0.05, 0) is 47.4 Å². The number of carboxylic acids is 1. The quantitative estimate of drug-likeness (QED) is 0.171. The molecule has 0 bridgehead atoms. The fourth-order valence-corrected chi connectivity index (χ4v) is 5.25. The molecule has 0 fully saturated rings. The first kappa shape index (κ1) is 29.1. The van der Waals surface area contributed by atoms with E-state index in [4.69, 9.17) is 4.74 Å². The molecule has 8 nitrogen and oxygen atoms in total. The van der Waals surface area contributed by atoms with Crippen LogP contribution in [0.5, 0.6) is 5.75 Å². The Bertz CT molecular complexity index is 1760. The van der Waals surface area contributed by atoms with Crippen molar-refractivity contribution in [2.45, 2.75) is 19.4 Å². The predicted octanol–water partition coefficient (Wildman–Crippen LogP) is 5.93. The number of hydrogen-bond acceptors (Lipinski definition) is 4. The predicted molar refractivity (Wildman–Crippen MR) is 166 cm³/mol. The summed E-state index contributed by atoms with van der Waals surface area (Å²) in [4.78, 5) is 43.8. The molecule has 0 unspecified atom stereocenters. The number of aliphatic carboxylic acids is 1. The monoisotopic (exact) mass is 575 g/mol. The smallest absolute Gasteiger partial charge is 0.305 e. The molecule has 8 heteroatoms. The van der Waals surface area contributed by atoms with Crippen LogP contribution in [-0.2, 0) is 17.8 Å². The van der Waals surface area contributed by atoms with E-state index in [1.807, 2.05) is 79.0 Å². The number of para-hydroxylation sites is 2. The number of amides is 2. The summed E-state index contributed by atoms with van der Waals surface area (Å²) in [5.74, 6) is -0.872. The topological polar surface area (TPSA) is 112 Å². The molecule has 43 heavy (non-hydrogen) atoms. The lowest BCUT2D eigenvalue weighted by molar-refractivity contribution is -0.137. The summed E-state index contributed by atoms with van der Waals surface area (Å²) in [5, 5.41) is 13.5. The van der Waals surface area contributed by atoms with Gasteiger partial charge in [-0.3, -0.25) is 14.4 Å². The van der Waals surface area contributed by atoms with E-state index in [9.17, 15) is 19.5 Å². The van der Waals surface area contributed by atoms with Gasteiger partial charge in [-0.2, -0.15) is 0 Å². The molecule has 1 aromatic heterocycles. The molecule has 0 saturated carbocycles. The van der Waals surface area contributed by atoms with Gasteiger partial charge < -0.3 is 25.0 Å². The van der Waals surface area contributed by atoms with Crippen molar-refractivity contribution in [3.8, 4) is 16.9 Å². The maximum Gasteiger partial charge on any atom is 0.305 e. The van der Waals surface area contributed by atoms with Gasteiger partial charge in [0.2, 0.25) is 0 Å². The van der Waals surface area contributed by atoms with E-state index in [1.54, 1.807) is 36.3 Å². The van der Waals surface area contributed by atoms with Crippen LogP contribution >= 0.6 is 0 Å². The molecular weight excluding hydrogens is 542 g/mol. The Hall–Kier alpha value is -5.37. The van der Waals surface area contributed by atoms with Crippen molar-refractivity contribution in [2.24, 2.45) is 0 Å².